The first kappa shape index (κ1) is 23.3. The van der Waals surface area contributed by atoms with Crippen LogP contribution in [-0.4, -0.2) is 54.2 Å². The predicted molar refractivity (Wildman–Crippen MR) is 120 cm³/mol. The van der Waals surface area contributed by atoms with Crippen molar-refractivity contribution < 1.29 is 19.4 Å². The summed E-state index contributed by atoms with van der Waals surface area (Å²) >= 11 is 6.21. The fourth-order valence-corrected chi connectivity index (χ4v) is 4.22. The van der Waals surface area contributed by atoms with Crippen molar-refractivity contribution >= 4 is 23.4 Å². The maximum Gasteiger partial charge on any atom is 0.225 e. The van der Waals surface area contributed by atoms with E-state index in [1.165, 1.54) is 0 Å². The number of likely N-dealkylation sites (tertiary alicyclic amines) is 1. The summed E-state index contributed by atoms with van der Waals surface area (Å²) in [6.07, 6.45) is -0.155. The van der Waals surface area contributed by atoms with Crippen LogP contribution in [0.1, 0.15) is 30.9 Å². The number of carbonyl (C=O) groups excluding carboxylic acids is 2. The standard InChI is InChI=1S/C24H29ClN2O4/c1-2-31-15-12-23(30)27-14-13-24(21(28)17-27,19-9-4-3-5-10-19)26-22(29)16-18-8-6-7-11-20(18)25/h3-11,21,28H,2,12-17H2,1H3,(H,26,29)/t21-,24-/m1/s1. The zero-order valence-corrected chi connectivity index (χ0v) is 18.5. The van der Waals surface area contributed by atoms with E-state index in [-0.39, 0.29) is 31.2 Å². The molecule has 2 aromatic carbocycles. The molecule has 2 atom stereocenters. The van der Waals surface area contributed by atoms with Gasteiger partial charge in [0.1, 0.15) is 0 Å². The Bertz CT molecular complexity index is 892. The third kappa shape index (κ3) is 5.64. The molecule has 1 aliphatic rings. The number of nitrogens with one attached hydrogen (secondary N) is 1. The Morgan fingerprint density at radius 3 is 2.58 bits per heavy atom. The lowest BCUT2D eigenvalue weighted by molar-refractivity contribution is -0.139. The normalized spacial score (nSPS) is 21.0. The van der Waals surface area contributed by atoms with Gasteiger partial charge < -0.3 is 20.1 Å². The van der Waals surface area contributed by atoms with Crippen LogP contribution in [0.15, 0.2) is 54.6 Å². The van der Waals surface area contributed by atoms with Gasteiger partial charge in [0.15, 0.2) is 0 Å². The second kappa shape index (κ2) is 10.8. The highest BCUT2D eigenvalue weighted by molar-refractivity contribution is 6.31. The molecule has 1 saturated heterocycles. The number of β-amino-alcohol motifs (C(OH)–C–C–N with tert-alkyl or cyclic N) is 1. The second-order valence-corrected chi connectivity index (χ2v) is 8.11. The number of hydrogen-bond donors (Lipinski definition) is 2. The van der Waals surface area contributed by atoms with Crippen LogP contribution in [0.25, 0.3) is 0 Å². The lowest BCUT2D eigenvalue weighted by atomic mass is 9.78. The third-order valence-corrected chi connectivity index (χ3v) is 6.08. The van der Waals surface area contributed by atoms with Gasteiger partial charge in [0.2, 0.25) is 11.8 Å². The van der Waals surface area contributed by atoms with E-state index in [0.717, 1.165) is 11.1 Å². The molecule has 1 fully saturated rings. The van der Waals surface area contributed by atoms with Crippen LogP contribution in [0.4, 0.5) is 0 Å². The number of benzene rings is 2. The minimum Gasteiger partial charge on any atom is -0.388 e. The Balaban J connectivity index is 1.77. The Kier molecular flexibility index (Phi) is 8.07. The molecule has 0 aromatic heterocycles. The van der Waals surface area contributed by atoms with Gasteiger partial charge in [-0.15, -0.1) is 0 Å². The zero-order valence-electron chi connectivity index (χ0n) is 17.7. The van der Waals surface area contributed by atoms with Crippen molar-refractivity contribution in [2.24, 2.45) is 0 Å². The summed E-state index contributed by atoms with van der Waals surface area (Å²) in [7, 11) is 0. The lowest BCUT2D eigenvalue weighted by Gasteiger charge is -2.46. The number of aliphatic hydroxyl groups is 1. The molecule has 0 bridgehead atoms. The average molecular weight is 445 g/mol. The molecule has 0 spiro atoms. The summed E-state index contributed by atoms with van der Waals surface area (Å²) in [4.78, 5) is 27.1. The predicted octanol–water partition coefficient (Wildman–Crippen LogP) is 2.91. The minimum atomic E-state index is -0.976. The molecular weight excluding hydrogens is 416 g/mol. The molecule has 6 nitrogen and oxygen atoms in total. The summed E-state index contributed by atoms with van der Waals surface area (Å²) in [5.74, 6) is -0.288. The highest BCUT2D eigenvalue weighted by atomic mass is 35.5. The molecule has 1 heterocycles. The van der Waals surface area contributed by atoms with Crippen LogP contribution in [-0.2, 0) is 26.3 Å². The minimum absolute atomic E-state index is 0.0587. The summed E-state index contributed by atoms with van der Waals surface area (Å²) in [5, 5.41) is 14.8. The van der Waals surface area contributed by atoms with E-state index >= 15 is 0 Å². The van der Waals surface area contributed by atoms with Crippen molar-refractivity contribution in [1.29, 1.82) is 0 Å². The van der Waals surface area contributed by atoms with E-state index in [1.807, 2.05) is 55.5 Å². The van der Waals surface area contributed by atoms with E-state index in [1.54, 1.807) is 11.0 Å². The fourth-order valence-electron chi connectivity index (χ4n) is 4.02. The molecule has 2 N–H and O–H groups in total. The molecule has 1 aliphatic heterocycles. The van der Waals surface area contributed by atoms with E-state index in [2.05, 4.69) is 5.32 Å². The topological polar surface area (TPSA) is 78.9 Å². The Morgan fingerprint density at radius 1 is 1.19 bits per heavy atom. The second-order valence-electron chi connectivity index (χ2n) is 7.71. The molecule has 0 radical (unpaired) electrons. The number of hydrogen-bond acceptors (Lipinski definition) is 4. The Morgan fingerprint density at radius 2 is 1.90 bits per heavy atom. The number of nitrogens with zero attached hydrogens (tertiary/aromatic N) is 1. The number of halogens is 1. The van der Waals surface area contributed by atoms with Crippen molar-refractivity contribution in [2.75, 3.05) is 26.3 Å². The SMILES string of the molecule is CCOCCC(=O)N1CC[C@@](NC(=O)Cc2ccccc2Cl)(c2ccccc2)[C@H](O)C1. The van der Waals surface area contributed by atoms with Gasteiger partial charge in [-0.25, -0.2) is 0 Å². The zero-order chi connectivity index (χ0) is 22.3. The van der Waals surface area contributed by atoms with Gasteiger partial charge >= 0.3 is 0 Å². The highest BCUT2D eigenvalue weighted by Gasteiger charge is 2.45. The van der Waals surface area contributed by atoms with E-state index < -0.39 is 11.6 Å². The molecule has 2 amide bonds. The van der Waals surface area contributed by atoms with Crippen molar-refractivity contribution in [2.45, 2.75) is 37.8 Å². The summed E-state index contributed by atoms with van der Waals surface area (Å²) in [6, 6.07) is 16.7. The quantitative estimate of drug-likeness (QED) is 0.613. The molecule has 0 aliphatic carbocycles. The lowest BCUT2D eigenvalue weighted by Crippen LogP contribution is -2.62. The third-order valence-electron chi connectivity index (χ3n) is 5.72. The van der Waals surface area contributed by atoms with Gasteiger partial charge in [-0.05, 0) is 30.5 Å². The van der Waals surface area contributed by atoms with Gasteiger partial charge in [0, 0.05) is 24.7 Å². The maximum absolute atomic E-state index is 13.0. The number of carbonyl (C=O) groups is 2. The smallest absolute Gasteiger partial charge is 0.225 e. The number of ether oxygens (including phenoxy) is 1. The average Bonchev–Trinajstić information content (AvgIpc) is 2.77. The van der Waals surface area contributed by atoms with Crippen LogP contribution in [0.3, 0.4) is 0 Å². The molecule has 7 heteroatoms. The van der Waals surface area contributed by atoms with Crippen LogP contribution >= 0.6 is 11.6 Å². The fraction of sp³-hybridized carbons (Fsp3) is 0.417. The molecular formula is C24H29ClN2O4. The van der Waals surface area contributed by atoms with Crippen molar-refractivity contribution in [3.05, 3.63) is 70.7 Å². The molecule has 0 unspecified atom stereocenters. The number of amides is 2. The largest absolute Gasteiger partial charge is 0.388 e. The highest BCUT2D eigenvalue weighted by Crippen LogP contribution is 2.34. The van der Waals surface area contributed by atoms with Crippen LogP contribution in [0, 0.1) is 0 Å². The van der Waals surface area contributed by atoms with Crippen molar-refractivity contribution in [1.82, 2.24) is 10.2 Å². The van der Waals surface area contributed by atoms with Crippen molar-refractivity contribution in [3.8, 4) is 0 Å². The van der Waals surface area contributed by atoms with E-state index in [9.17, 15) is 14.7 Å². The number of rotatable bonds is 8. The van der Waals surface area contributed by atoms with Crippen LogP contribution in [0.5, 0.6) is 0 Å². The van der Waals surface area contributed by atoms with Gasteiger partial charge in [-0.2, -0.15) is 0 Å². The van der Waals surface area contributed by atoms with Gasteiger partial charge in [-0.3, -0.25) is 9.59 Å². The van der Waals surface area contributed by atoms with Gasteiger partial charge in [0.25, 0.3) is 0 Å². The molecule has 2 aromatic rings. The van der Waals surface area contributed by atoms with Gasteiger partial charge in [0.05, 0.1) is 31.1 Å². The summed E-state index contributed by atoms with van der Waals surface area (Å²) in [6.45, 7) is 3.38. The Labute approximate surface area is 188 Å². The first-order valence-corrected chi connectivity index (χ1v) is 11.0. The first-order chi connectivity index (χ1) is 15.0. The van der Waals surface area contributed by atoms with Crippen LogP contribution < -0.4 is 5.32 Å². The number of piperidine rings is 1. The van der Waals surface area contributed by atoms with Crippen molar-refractivity contribution in [3.63, 3.8) is 0 Å². The molecule has 3 rings (SSSR count). The summed E-state index contributed by atoms with van der Waals surface area (Å²) in [5.41, 5.74) is 0.565. The van der Waals surface area contributed by atoms with Crippen LogP contribution in [0.2, 0.25) is 5.02 Å². The van der Waals surface area contributed by atoms with E-state index in [0.29, 0.717) is 31.2 Å². The van der Waals surface area contributed by atoms with E-state index in [4.69, 9.17) is 16.3 Å². The molecule has 31 heavy (non-hydrogen) atoms. The molecule has 166 valence electrons. The Hall–Kier alpha value is -2.41. The molecule has 0 saturated carbocycles. The first-order valence-electron chi connectivity index (χ1n) is 10.6. The number of aliphatic hydroxyl groups excluding tert-OH is 1. The monoisotopic (exact) mass is 444 g/mol. The summed E-state index contributed by atoms with van der Waals surface area (Å²) < 4.78 is 5.27. The van der Waals surface area contributed by atoms with Gasteiger partial charge in [-0.1, -0.05) is 60.1 Å². The maximum atomic E-state index is 13.0.